The van der Waals surface area contributed by atoms with Gasteiger partial charge in [-0.2, -0.15) is 13.2 Å². The monoisotopic (exact) mass is 351 g/mol. The van der Waals surface area contributed by atoms with Gasteiger partial charge in [-0.3, -0.25) is 0 Å². The zero-order valence-electron chi connectivity index (χ0n) is 9.21. The molecule has 0 amide bonds. The van der Waals surface area contributed by atoms with Gasteiger partial charge in [-0.1, -0.05) is 11.6 Å². The van der Waals surface area contributed by atoms with Crippen LogP contribution in [0.15, 0.2) is 41.0 Å². The van der Waals surface area contributed by atoms with Crippen molar-refractivity contribution in [1.82, 2.24) is 4.98 Å². The Balaban J connectivity index is 2.20. The molecule has 0 aliphatic heterocycles. The van der Waals surface area contributed by atoms with Crippen molar-refractivity contribution in [1.29, 1.82) is 0 Å². The molecular formula is C12H6BrClF3NO. The highest BCUT2D eigenvalue weighted by atomic mass is 79.9. The average molecular weight is 353 g/mol. The van der Waals surface area contributed by atoms with Crippen molar-refractivity contribution >= 4 is 27.5 Å². The van der Waals surface area contributed by atoms with Gasteiger partial charge >= 0.3 is 6.18 Å². The van der Waals surface area contributed by atoms with Crippen LogP contribution >= 0.6 is 27.5 Å². The van der Waals surface area contributed by atoms with Gasteiger partial charge in [0.25, 0.3) is 0 Å². The molecule has 0 aliphatic carbocycles. The fourth-order valence-electron chi connectivity index (χ4n) is 1.30. The van der Waals surface area contributed by atoms with Crippen LogP contribution in [0, 0.1) is 0 Å². The van der Waals surface area contributed by atoms with Gasteiger partial charge in [0.2, 0.25) is 5.88 Å². The number of alkyl halides is 3. The number of ether oxygens (including phenoxy) is 1. The predicted octanol–water partition coefficient (Wildman–Crippen LogP) is 5.31. The van der Waals surface area contributed by atoms with Crippen LogP contribution in [0.1, 0.15) is 5.56 Å². The Hall–Kier alpha value is -1.27. The Bertz CT molecular complexity index is 587. The second-order valence-electron chi connectivity index (χ2n) is 3.56. The summed E-state index contributed by atoms with van der Waals surface area (Å²) in [6.45, 7) is 0. The minimum atomic E-state index is -4.36. The van der Waals surface area contributed by atoms with E-state index in [4.69, 9.17) is 16.3 Å². The van der Waals surface area contributed by atoms with Crippen LogP contribution < -0.4 is 4.74 Å². The molecule has 2 aromatic rings. The van der Waals surface area contributed by atoms with Crippen molar-refractivity contribution in [3.8, 4) is 11.6 Å². The van der Waals surface area contributed by atoms with Crippen LogP contribution in [-0.4, -0.2) is 4.98 Å². The normalized spacial score (nSPS) is 11.4. The van der Waals surface area contributed by atoms with Crippen LogP contribution in [0.3, 0.4) is 0 Å². The van der Waals surface area contributed by atoms with Gasteiger partial charge in [0.1, 0.15) is 5.75 Å². The summed E-state index contributed by atoms with van der Waals surface area (Å²) < 4.78 is 43.0. The van der Waals surface area contributed by atoms with Crippen LogP contribution in [0.2, 0.25) is 5.02 Å². The number of pyridine rings is 1. The largest absolute Gasteiger partial charge is 0.438 e. The summed E-state index contributed by atoms with van der Waals surface area (Å²) in [5.74, 6) is 0.479. The average Bonchev–Trinajstić information content (AvgIpc) is 2.32. The maximum atomic E-state index is 12.4. The van der Waals surface area contributed by atoms with Gasteiger partial charge in [0.15, 0.2) is 0 Å². The quantitative estimate of drug-likeness (QED) is 0.731. The lowest BCUT2D eigenvalue weighted by molar-refractivity contribution is -0.137. The fraction of sp³-hybridized carbons (Fsp3) is 0.0833. The van der Waals surface area contributed by atoms with E-state index in [2.05, 4.69) is 20.9 Å². The van der Waals surface area contributed by atoms with E-state index in [0.29, 0.717) is 9.50 Å². The third kappa shape index (κ3) is 3.61. The second kappa shape index (κ2) is 5.38. The molecule has 0 saturated carbocycles. The molecule has 0 bridgehead atoms. The lowest BCUT2D eigenvalue weighted by atomic mass is 10.2. The Morgan fingerprint density at radius 2 is 1.79 bits per heavy atom. The summed E-state index contributed by atoms with van der Waals surface area (Å²) in [7, 11) is 0. The Morgan fingerprint density at radius 1 is 1.16 bits per heavy atom. The van der Waals surface area contributed by atoms with Crippen LogP contribution in [-0.2, 0) is 6.18 Å². The molecule has 100 valence electrons. The van der Waals surface area contributed by atoms with E-state index in [-0.39, 0.29) is 11.6 Å². The van der Waals surface area contributed by atoms with Crippen LogP contribution in [0.4, 0.5) is 13.2 Å². The smallest absolute Gasteiger partial charge is 0.416 e. The van der Waals surface area contributed by atoms with E-state index in [1.807, 2.05) is 0 Å². The van der Waals surface area contributed by atoms with Gasteiger partial charge in [-0.05, 0) is 46.3 Å². The SMILES string of the molecule is FC(F)(F)c1ccc(Oc2ncc(Cl)cc2Br)cc1. The van der Waals surface area contributed by atoms with Gasteiger partial charge in [0, 0.05) is 6.20 Å². The van der Waals surface area contributed by atoms with Gasteiger partial charge in [0.05, 0.1) is 15.1 Å². The van der Waals surface area contributed by atoms with Crippen LogP contribution in [0.5, 0.6) is 11.6 Å². The lowest BCUT2D eigenvalue weighted by Crippen LogP contribution is -2.04. The molecule has 0 radical (unpaired) electrons. The molecular weight excluding hydrogens is 346 g/mol. The Kier molecular flexibility index (Phi) is 4.01. The summed E-state index contributed by atoms with van der Waals surface area (Å²) in [6, 6.07) is 5.92. The number of hydrogen-bond donors (Lipinski definition) is 0. The number of hydrogen-bond acceptors (Lipinski definition) is 2. The standard InChI is InChI=1S/C12H6BrClF3NO/c13-10-5-8(14)6-18-11(10)19-9-3-1-7(2-4-9)12(15,16)17/h1-6H. The van der Waals surface area contributed by atoms with Crippen molar-refractivity contribution < 1.29 is 17.9 Å². The number of aromatic nitrogens is 1. The summed E-state index contributed by atoms with van der Waals surface area (Å²) in [6.07, 6.45) is -2.98. The third-order valence-corrected chi connectivity index (χ3v) is 2.95. The zero-order valence-corrected chi connectivity index (χ0v) is 11.6. The molecule has 2 rings (SSSR count). The van der Waals surface area contributed by atoms with E-state index in [9.17, 15) is 13.2 Å². The maximum absolute atomic E-state index is 12.4. The first-order chi connectivity index (χ1) is 8.86. The van der Waals surface area contributed by atoms with Crippen molar-refractivity contribution in [3.05, 3.63) is 51.6 Å². The third-order valence-electron chi connectivity index (χ3n) is 2.17. The maximum Gasteiger partial charge on any atom is 0.416 e. The number of nitrogens with zero attached hydrogens (tertiary/aromatic N) is 1. The Morgan fingerprint density at radius 3 is 2.32 bits per heavy atom. The summed E-state index contributed by atoms with van der Waals surface area (Å²) in [4.78, 5) is 3.92. The molecule has 0 atom stereocenters. The highest BCUT2D eigenvalue weighted by Gasteiger charge is 2.30. The molecule has 1 aromatic heterocycles. The van der Waals surface area contributed by atoms with Crippen LogP contribution in [0.25, 0.3) is 0 Å². The number of rotatable bonds is 2. The molecule has 0 saturated heterocycles. The minimum Gasteiger partial charge on any atom is -0.438 e. The van der Waals surface area contributed by atoms with Crippen molar-refractivity contribution in [2.24, 2.45) is 0 Å². The number of halogens is 5. The predicted molar refractivity (Wildman–Crippen MR) is 68.5 cm³/mol. The van der Waals surface area contributed by atoms with E-state index in [1.165, 1.54) is 18.3 Å². The molecule has 19 heavy (non-hydrogen) atoms. The zero-order chi connectivity index (χ0) is 14.0. The second-order valence-corrected chi connectivity index (χ2v) is 4.86. The van der Waals surface area contributed by atoms with Gasteiger partial charge in [-0.25, -0.2) is 4.98 Å². The van der Waals surface area contributed by atoms with Crippen molar-refractivity contribution in [2.75, 3.05) is 0 Å². The Labute approximate surface area is 120 Å². The molecule has 1 heterocycles. The topological polar surface area (TPSA) is 22.1 Å². The van der Waals surface area contributed by atoms with Crippen molar-refractivity contribution in [2.45, 2.75) is 6.18 Å². The molecule has 0 N–H and O–H groups in total. The van der Waals surface area contributed by atoms with Gasteiger partial charge in [-0.15, -0.1) is 0 Å². The highest BCUT2D eigenvalue weighted by Crippen LogP contribution is 2.33. The molecule has 1 aromatic carbocycles. The fourth-order valence-corrected chi connectivity index (χ4v) is 2.02. The molecule has 0 fully saturated rings. The number of benzene rings is 1. The molecule has 7 heteroatoms. The van der Waals surface area contributed by atoms with Gasteiger partial charge < -0.3 is 4.74 Å². The van der Waals surface area contributed by atoms with E-state index >= 15 is 0 Å². The first-order valence-corrected chi connectivity index (χ1v) is 6.19. The summed E-state index contributed by atoms with van der Waals surface area (Å²) in [5, 5.41) is 0.423. The van der Waals surface area contributed by atoms with Crippen molar-refractivity contribution in [3.63, 3.8) is 0 Å². The molecule has 2 nitrogen and oxygen atoms in total. The lowest BCUT2D eigenvalue weighted by Gasteiger charge is -2.09. The van der Waals surface area contributed by atoms with E-state index < -0.39 is 11.7 Å². The molecule has 0 spiro atoms. The first-order valence-electron chi connectivity index (χ1n) is 5.02. The minimum absolute atomic E-state index is 0.226. The molecule has 0 unspecified atom stereocenters. The van der Waals surface area contributed by atoms with E-state index in [0.717, 1.165) is 12.1 Å². The summed E-state index contributed by atoms with van der Waals surface area (Å²) >= 11 is 8.92. The highest BCUT2D eigenvalue weighted by molar-refractivity contribution is 9.10. The van der Waals surface area contributed by atoms with E-state index in [1.54, 1.807) is 6.07 Å². The molecule has 0 aliphatic rings. The first kappa shape index (κ1) is 14.1. The summed E-state index contributed by atoms with van der Waals surface area (Å²) in [5.41, 5.74) is -0.733.